The summed E-state index contributed by atoms with van der Waals surface area (Å²) in [6, 6.07) is 1.69. The summed E-state index contributed by atoms with van der Waals surface area (Å²) in [6.45, 7) is 3.75. The summed E-state index contributed by atoms with van der Waals surface area (Å²) < 4.78 is 5.00. The second-order valence-electron chi connectivity index (χ2n) is 3.21. The van der Waals surface area contributed by atoms with Crippen molar-refractivity contribution in [1.29, 1.82) is 0 Å². The molecule has 1 aromatic heterocycles. The number of ether oxygens (including phenoxy) is 1. The summed E-state index contributed by atoms with van der Waals surface area (Å²) in [5, 5.41) is 9.51. The van der Waals surface area contributed by atoms with Gasteiger partial charge in [0.2, 0.25) is 5.88 Å². The van der Waals surface area contributed by atoms with E-state index in [-0.39, 0.29) is 5.92 Å². The first kappa shape index (κ1) is 10.9. The van der Waals surface area contributed by atoms with Gasteiger partial charge in [-0.05, 0) is 13.3 Å². The van der Waals surface area contributed by atoms with E-state index in [2.05, 4.69) is 9.97 Å². The van der Waals surface area contributed by atoms with Crippen LogP contribution in [0.15, 0.2) is 12.3 Å². The molecule has 0 radical (unpaired) electrons. The number of aliphatic hydroxyl groups is 1. The van der Waals surface area contributed by atoms with E-state index in [1.54, 1.807) is 26.3 Å². The lowest BCUT2D eigenvalue weighted by molar-refractivity contribution is 0.155. The van der Waals surface area contributed by atoms with Crippen LogP contribution in [-0.2, 0) is 0 Å². The summed E-state index contributed by atoms with van der Waals surface area (Å²) >= 11 is 0. The minimum atomic E-state index is -0.438. The molecule has 0 saturated heterocycles. The summed E-state index contributed by atoms with van der Waals surface area (Å²) in [4.78, 5) is 8.32. The molecule has 0 spiro atoms. The normalized spacial score (nSPS) is 14.9. The molecule has 0 fully saturated rings. The molecule has 2 atom stereocenters. The number of methoxy groups -OCH3 is 1. The van der Waals surface area contributed by atoms with E-state index in [0.717, 1.165) is 6.42 Å². The fourth-order valence-corrected chi connectivity index (χ4v) is 1.39. The highest BCUT2D eigenvalue weighted by Crippen LogP contribution is 2.20. The standard InChI is InChI=1S/C10H16N2O2/c1-4-8(7(2)13)10-11-6-5-9(12-10)14-3/h5-8,13H,4H2,1-3H3. The van der Waals surface area contributed by atoms with Gasteiger partial charge in [-0.3, -0.25) is 0 Å². The van der Waals surface area contributed by atoms with Crippen molar-refractivity contribution in [3.8, 4) is 5.88 Å². The second kappa shape index (κ2) is 4.91. The number of aromatic nitrogens is 2. The fourth-order valence-electron chi connectivity index (χ4n) is 1.39. The summed E-state index contributed by atoms with van der Waals surface area (Å²) in [5.41, 5.74) is 0. The van der Waals surface area contributed by atoms with Crippen molar-refractivity contribution in [2.45, 2.75) is 32.3 Å². The molecule has 1 aromatic rings. The minimum Gasteiger partial charge on any atom is -0.481 e. The van der Waals surface area contributed by atoms with Crippen LogP contribution in [0, 0.1) is 0 Å². The first-order chi connectivity index (χ1) is 6.69. The second-order valence-corrected chi connectivity index (χ2v) is 3.21. The van der Waals surface area contributed by atoms with Crippen LogP contribution in [0.3, 0.4) is 0 Å². The zero-order chi connectivity index (χ0) is 10.6. The van der Waals surface area contributed by atoms with Crippen molar-refractivity contribution in [3.63, 3.8) is 0 Å². The lowest BCUT2D eigenvalue weighted by atomic mass is 10.00. The molecule has 0 bridgehead atoms. The molecule has 0 saturated carbocycles. The van der Waals surface area contributed by atoms with Crippen LogP contribution in [0.2, 0.25) is 0 Å². The van der Waals surface area contributed by atoms with Gasteiger partial charge in [0.25, 0.3) is 0 Å². The van der Waals surface area contributed by atoms with Gasteiger partial charge < -0.3 is 9.84 Å². The third-order valence-electron chi connectivity index (χ3n) is 2.21. The highest BCUT2D eigenvalue weighted by Gasteiger charge is 2.18. The van der Waals surface area contributed by atoms with Crippen molar-refractivity contribution in [1.82, 2.24) is 9.97 Å². The van der Waals surface area contributed by atoms with E-state index < -0.39 is 6.10 Å². The van der Waals surface area contributed by atoms with E-state index >= 15 is 0 Å². The van der Waals surface area contributed by atoms with Crippen LogP contribution >= 0.6 is 0 Å². The quantitative estimate of drug-likeness (QED) is 0.790. The van der Waals surface area contributed by atoms with Gasteiger partial charge in [0, 0.05) is 18.2 Å². The largest absolute Gasteiger partial charge is 0.481 e. The fraction of sp³-hybridized carbons (Fsp3) is 0.600. The van der Waals surface area contributed by atoms with Crippen molar-refractivity contribution in [2.24, 2.45) is 0 Å². The average Bonchev–Trinajstić information content (AvgIpc) is 2.19. The molecular weight excluding hydrogens is 180 g/mol. The predicted molar refractivity (Wildman–Crippen MR) is 53.3 cm³/mol. The molecule has 78 valence electrons. The predicted octanol–water partition coefficient (Wildman–Crippen LogP) is 1.36. The zero-order valence-corrected chi connectivity index (χ0v) is 8.77. The summed E-state index contributed by atoms with van der Waals surface area (Å²) in [5.74, 6) is 1.15. The van der Waals surface area contributed by atoms with Crippen LogP contribution in [0.5, 0.6) is 5.88 Å². The van der Waals surface area contributed by atoms with Crippen LogP contribution in [0.4, 0.5) is 0 Å². The zero-order valence-electron chi connectivity index (χ0n) is 8.77. The Kier molecular flexibility index (Phi) is 3.83. The Morgan fingerprint density at radius 1 is 1.57 bits per heavy atom. The third-order valence-corrected chi connectivity index (χ3v) is 2.21. The molecule has 2 unspecified atom stereocenters. The smallest absolute Gasteiger partial charge is 0.216 e. The van der Waals surface area contributed by atoms with Crippen LogP contribution in [0.1, 0.15) is 32.0 Å². The first-order valence-corrected chi connectivity index (χ1v) is 4.74. The topological polar surface area (TPSA) is 55.2 Å². The molecular formula is C10H16N2O2. The van der Waals surface area contributed by atoms with Gasteiger partial charge in [-0.2, -0.15) is 4.98 Å². The number of hydrogen-bond donors (Lipinski definition) is 1. The molecule has 4 heteroatoms. The number of nitrogens with zero attached hydrogens (tertiary/aromatic N) is 2. The van der Waals surface area contributed by atoms with E-state index in [1.165, 1.54) is 0 Å². The molecule has 14 heavy (non-hydrogen) atoms. The van der Waals surface area contributed by atoms with Crippen molar-refractivity contribution in [3.05, 3.63) is 18.1 Å². The van der Waals surface area contributed by atoms with Gasteiger partial charge in [0.05, 0.1) is 13.2 Å². The Morgan fingerprint density at radius 3 is 2.79 bits per heavy atom. The van der Waals surface area contributed by atoms with Gasteiger partial charge in [-0.25, -0.2) is 4.98 Å². The molecule has 1 heterocycles. The maximum Gasteiger partial charge on any atom is 0.216 e. The molecule has 0 aromatic carbocycles. The Labute approximate surface area is 84.0 Å². The minimum absolute atomic E-state index is 0.0231. The third kappa shape index (κ3) is 2.42. The average molecular weight is 196 g/mol. The van der Waals surface area contributed by atoms with Gasteiger partial charge in [0.1, 0.15) is 5.82 Å². The molecule has 0 aliphatic carbocycles. The van der Waals surface area contributed by atoms with Gasteiger partial charge >= 0.3 is 0 Å². The highest BCUT2D eigenvalue weighted by atomic mass is 16.5. The Balaban J connectivity index is 2.92. The molecule has 1 rings (SSSR count). The van der Waals surface area contributed by atoms with Crippen molar-refractivity contribution >= 4 is 0 Å². The van der Waals surface area contributed by atoms with Crippen molar-refractivity contribution < 1.29 is 9.84 Å². The Hall–Kier alpha value is -1.16. The lowest BCUT2D eigenvalue weighted by Gasteiger charge is -2.16. The van der Waals surface area contributed by atoms with E-state index in [0.29, 0.717) is 11.7 Å². The maximum absolute atomic E-state index is 9.51. The monoisotopic (exact) mass is 196 g/mol. The summed E-state index contributed by atoms with van der Waals surface area (Å²) in [6.07, 6.45) is 2.02. The maximum atomic E-state index is 9.51. The Bertz CT molecular complexity index is 289. The van der Waals surface area contributed by atoms with Crippen LogP contribution in [0.25, 0.3) is 0 Å². The molecule has 4 nitrogen and oxygen atoms in total. The molecule has 0 aliphatic heterocycles. The summed E-state index contributed by atoms with van der Waals surface area (Å²) in [7, 11) is 1.56. The van der Waals surface area contributed by atoms with E-state index in [1.807, 2.05) is 6.92 Å². The van der Waals surface area contributed by atoms with Crippen molar-refractivity contribution in [2.75, 3.05) is 7.11 Å². The first-order valence-electron chi connectivity index (χ1n) is 4.74. The van der Waals surface area contributed by atoms with Gasteiger partial charge in [-0.1, -0.05) is 6.92 Å². The molecule has 1 N–H and O–H groups in total. The highest BCUT2D eigenvalue weighted by molar-refractivity contribution is 5.11. The number of aliphatic hydroxyl groups excluding tert-OH is 1. The SMILES string of the molecule is CCC(c1nccc(OC)n1)C(C)O. The molecule has 0 amide bonds. The van der Waals surface area contributed by atoms with E-state index in [9.17, 15) is 5.11 Å². The van der Waals surface area contributed by atoms with Crippen LogP contribution < -0.4 is 4.74 Å². The van der Waals surface area contributed by atoms with Gasteiger partial charge in [-0.15, -0.1) is 0 Å². The number of rotatable bonds is 4. The molecule has 0 aliphatic rings. The Morgan fingerprint density at radius 2 is 2.29 bits per heavy atom. The lowest BCUT2D eigenvalue weighted by Crippen LogP contribution is -2.16. The van der Waals surface area contributed by atoms with E-state index in [4.69, 9.17) is 4.74 Å². The van der Waals surface area contributed by atoms with Gasteiger partial charge in [0.15, 0.2) is 0 Å². The van der Waals surface area contributed by atoms with Crippen LogP contribution in [-0.4, -0.2) is 28.3 Å². The number of hydrogen-bond acceptors (Lipinski definition) is 4.